The van der Waals surface area contributed by atoms with E-state index >= 15 is 0 Å². The Bertz CT molecular complexity index is 1580. The summed E-state index contributed by atoms with van der Waals surface area (Å²) in [4.78, 5) is 26.9. The molecule has 0 aliphatic heterocycles. The van der Waals surface area contributed by atoms with E-state index in [0.717, 1.165) is 55.0 Å². The summed E-state index contributed by atoms with van der Waals surface area (Å²) >= 11 is 0. The summed E-state index contributed by atoms with van der Waals surface area (Å²) in [5.74, 6) is 0.396. The molecule has 3 aromatic rings. The number of hydrogen-bond acceptors (Lipinski definition) is 4. The number of anilines is 1. The zero-order valence-corrected chi connectivity index (χ0v) is 27.9. The van der Waals surface area contributed by atoms with Crippen molar-refractivity contribution in [2.45, 2.75) is 86.6 Å². The highest BCUT2D eigenvalue weighted by Gasteiger charge is 2.20. The van der Waals surface area contributed by atoms with Gasteiger partial charge in [-0.1, -0.05) is 79.3 Å². The van der Waals surface area contributed by atoms with Gasteiger partial charge >= 0.3 is 0 Å². The van der Waals surface area contributed by atoms with E-state index in [9.17, 15) is 9.59 Å². The van der Waals surface area contributed by atoms with Crippen LogP contribution in [0.1, 0.15) is 85.6 Å². The molecule has 0 unspecified atom stereocenters. The second-order valence-corrected chi connectivity index (χ2v) is 11.9. The lowest BCUT2D eigenvalue weighted by Crippen LogP contribution is -2.24. The molecular weight excluding hydrogens is 560 g/mol. The molecule has 0 aliphatic carbocycles. The first-order valence-electron chi connectivity index (χ1n) is 16.1. The standard InChI is InChI=1S/C39H50N2O4/c1-7-8-9-13-25-41-35-28-33(40-36(42)22-19-32-17-11-10-12-18-32)20-21-34(35)37(44-26-23-30(4)5)38(39(41)43)45-27-24-31(6)16-14-15-29(2)3/h10-12,15,17-24,28H,7-9,13-14,16,25-27H2,1-6H3,(H,40,42)/b22-19+,31-24+. The molecule has 6 heteroatoms. The minimum Gasteiger partial charge on any atom is -0.485 e. The van der Waals surface area contributed by atoms with E-state index in [-0.39, 0.29) is 23.8 Å². The van der Waals surface area contributed by atoms with Crippen LogP contribution in [0.5, 0.6) is 11.5 Å². The van der Waals surface area contributed by atoms with Crippen molar-refractivity contribution in [1.82, 2.24) is 4.57 Å². The molecule has 240 valence electrons. The van der Waals surface area contributed by atoms with Crippen LogP contribution in [0.15, 0.2) is 94.3 Å². The van der Waals surface area contributed by atoms with Gasteiger partial charge in [0.2, 0.25) is 11.7 Å². The highest BCUT2D eigenvalue weighted by molar-refractivity contribution is 6.03. The van der Waals surface area contributed by atoms with E-state index in [2.05, 4.69) is 39.1 Å². The lowest BCUT2D eigenvalue weighted by molar-refractivity contribution is -0.111. The molecule has 1 heterocycles. The summed E-state index contributed by atoms with van der Waals surface area (Å²) in [6.07, 6.45) is 15.5. The first-order valence-corrected chi connectivity index (χ1v) is 16.1. The fourth-order valence-electron chi connectivity index (χ4n) is 4.83. The van der Waals surface area contributed by atoms with Gasteiger partial charge in [0.15, 0.2) is 5.75 Å². The summed E-state index contributed by atoms with van der Waals surface area (Å²) in [6.45, 7) is 13.6. The Morgan fingerprint density at radius 2 is 1.56 bits per heavy atom. The summed E-state index contributed by atoms with van der Waals surface area (Å²) in [6, 6.07) is 15.3. The van der Waals surface area contributed by atoms with E-state index in [4.69, 9.17) is 9.47 Å². The fraction of sp³-hybridized carbons (Fsp3) is 0.385. The number of aryl methyl sites for hydroxylation is 1. The number of nitrogens with zero attached hydrogens (tertiary/aromatic N) is 1. The van der Waals surface area contributed by atoms with Crippen molar-refractivity contribution < 1.29 is 14.3 Å². The molecule has 45 heavy (non-hydrogen) atoms. The largest absolute Gasteiger partial charge is 0.485 e. The number of allylic oxidation sites excluding steroid dienone is 4. The predicted octanol–water partition coefficient (Wildman–Crippen LogP) is 9.65. The number of aromatic nitrogens is 1. The number of nitrogens with one attached hydrogen (secondary N) is 1. The molecule has 0 atom stereocenters. The maximum atomic E-state index is 14.1. The van der Waals surface area contributed by atoms with E-state index in [0.29, 0.717) is 30.1 Å². The average molecular weight is 611 g/mol. The molecule has 6 nitrogen and oxygen atoms in total. The lowest BCUT2D eigenvalue weighted by atomic mass is 10.1. The molecule has 0 fully saturated rings. The van der Waals surface area contributed by atoms with Crippen molar-refractivity contribution in [2.75, 3.05) is 18.5 Å². The Labute approximate surface area is 269 Å². The van der Waals surface area contributed by atoms with Gasteiger partial charge in [0.25, 0.3) is 5.56 Å². The predicted molar refractivity (Wildman–Crippen MR) is 189 cm³/mol. The normalized spacial score (nSPS) is 11.5. The quantitative estimate of drug-likeness (QED) is 0.0939. The molecule has 0 aliphatic rings. The zero-order valence-electron chi connectivity index (χ0n) is 27.9. The van der Waals surface area contributed by atoms with Crippen molar-refractivity contribution in [3.63, 3.8) is 0 Å². The summed E-state index contributed by atoms with van der Waals surface area (Å²) < 4.78 is 14.2. The number of rotatable bonds is 17. The molecule has 0 bridgehead atoms. The van der Waals surface area contributed by atoms with Crippen molar-refractivity contribution in [2.24, 2.45) is 0 Å². The van der Waals surface area contributed by atoms with Crippen LogP contribution < -0.4 is 20.3 Å². The van der Waals surface area contributed by atoms with Gasteiger partial charge < -0.3 is 19.4 Å². The molecular formula is C39H50N2O4. The van der Waals surface area contributed by atoms with Crippen LogP contribution in [0.4, 0.5) is 5.69 Å². The molecule has 0 saturated carbocycles. The number of benzene rings is 2. The van der Waals surface area contributed by atoms with E-state index in [1.807, 2.05) is 74.5 Å². The third-order valence-electron chi connectivity index (χ3n) is 7.38. The second kappa shape index (κ2) is 18.5. The van der Waals surface area contributed by atoms with Crippen LogP contribution in [0.2, 0.25) is 0 Å². The molecule has 0 saturated heterocycles. The number of pyridine rings is 1. The van der Waals surface area contributed by atoms with Crippen LogP contribution in [0.25, 0.3) is 17.0 Å². The summed E-state index contributed by atoms with van der Waals surface area (Å²) in [7, 11) is 0. The van der Waals surface area contributed by atoms with E-state index in [1.54, 1.807) is 10.6 Å². The Hall–Kier alpha value is -4.32. The second-order valence-electron chi connectivity index (χ2n) is 11.9. The maximum absolute atomic E-state index is 14.1. The minimum absolute atomic E-state index is 0.219. The number of hydrogen-bond donors (Lipinski definition) is 1. The SMILES string of the molecule is CCCCCCn1c(=O)c(OC/C=C(\C)CCC=C(C)C)c(OCC=C(C)C)c2ccc(NC(=O)/C=C/c3ccccc3)cc21. The van der Waals surface area contributed by atoms with Gasteiger partial charge in [-0.3, -0.25) is 9.59 Å². The Balaban J connectivity index is 2.01. The third kappa shape index (κ3) is 11.6. The number of carbonyl (C=O) groups is 1. The number of unbranched alkanes of at least 4 members (excludes halogenated alkanes) is 3. The topological polar surface area (TPSA) is 69.6 Å². The van der Waals surface area contributed by atoms with Gasteiger partial charge in [-0.25, -0.2) is 0 Å². The molecule has 2 aromatic carbocycles. The van der Waals surface area contributed by atoms with Crippen LogP contribution in [0.3, 0.4) is 0 Å². The minimum atomic E-state index is -0.248. The highest BCUT2D eigenvalue weighted by Crippen LogP contribution is 2.35. The zero-order chi connectivity index (χ0) is 32.6. The first-order chi connectivity index (χ1) is 21.7. The molecule has 1 amide bonds. The number of carbonyl (C=O) groups excluding carboxylic acids is 1. The van der Waals surface area contributed by atoms with Gasteiger partial charge in [0.1, 0.15) is 13.2 Å². The number of amides is 1. The Morgan fingerprint density at radius 1 is 0.844 bits per heavy atom. The van der Waals surface area contributed by atoms with Gasteiger partial charge in [-0.15, -0.1) is 0 Å². The monoisotopic (exact) mass is 610 g/mol. The van der Waals surface area contributed by atoms with Crippen molar-refractivity contribution in [1.29, 1.82) is 0 Å². The molecule has 0 radical (unpaired) electrons. The Morgan fingerprint density at radius 3 is 2.27 bits per heavy atom. The molecule has 1 N–H and O–H groups in total. The van der Waals surface area contributed by atoms with E-state index in [1.165, 1.54) is 17.2 Å². The van der Waals surface area contributed by atoms with Crippen LogP contribution >= 0.6 is 0 Å². The van der Waals surface area contributed by atoms with Crippen LogP contribution in [-0.4, -0.2) is 23.7 Å². The van der Waals surface area contributed by atoms with Crippen molar-refractivity contribution >= 4 is 28.6 Å². The average Bonchev–Trinajstić information content (AvgIpc) is 3.00. The van der Waals surface area contributed by atoms with Gasteiger partial charge in [0, 0.05) is 23.7 Å². The number of fused-ring (bicyclic) bond motifs is 1. The smallest absolute Gasteiger partial charge is 0.297 e. The number of ether oxygens (including phenoxy) is 2. The summed E-state index contributed by atoms with van der Waals surface area (Å²) in [5.41, 5.74) is 5.65. The summed E-state index contributed by atoms with van der Waals surface area (Å²) in [5, 5.41) is 3.72. The first kappa shape index (κ1) is 35.2. The molecule has 3 rings (SSSR count). The maximum Gasteiger partial charge on any atom is 0.297 e. The Kier molecular flexibility index (Phi) is 14.4. The molecule has 0 spiro atoms. The van der Waals surface area contributed by atoms with Gasteiger partial charge in [-0.2, -0.15) is 0 Å². The third-order valence-corrected chi connectivity index (χ3v) is 7.38. The van der Waals surface area contributed by atoms with Crippen molar-refractivity contribution in [3.05, 3.63) is 105 Å². The molecule has 1 aromatic heterocycles. The highest BCUT2D eigenvalue weighted by atomic mass is 16.5. The van der Waals surface area contributed by atoms with Gasteiger partial charge in [-0.05, 0) is 95.9 Å². The fourth-order valence-corrected chi connectivity index (χ4v) is 4.83. The van der Waals surface area contributed by atoms with Crippen LogP contribution in [0, 0.1) is 0 Å². The lowest BCUT2D eigenvalue weighted by Gasteiger charge is -2.19. The van der Waals surface area contributed by atoms with E-state index < -0.39 is 0 Å². The van der Waals surface area contributed by atoms with Gasteiger partial charge in [0.05, 0.1) is 5.52 Å². The van der Waals surface area contributed by atoms with Crippen molar-refractivity contribution in [3.8, 4) is 11.5 Å². The van der Waals surface area contributed by atoms with Crippen LogP contribution in [-0.2, 0) is 11.3 Å².